The van der Waals surface area contributed by atoms with Crippen LogP contribution < -0.4 is 10.2 Å². The van der Waals surface area contributed by atoms with Crippen molar-refractivity contribution < 1.29 is 59.8 Å². The van der Waals surface area contributed by atoms with Gasteiger partial charge in [0.2, 0.25) is 12.0 Å². The van der Waals surface area contributed by atoms with Crippen molar-refractivity contribution in [1.82, 2.24) is 0 Å². The van der Waals surface area contributed by atoms with Gasteiger partial charge in [0.1, 0.15) is 41.3 Å². The molecular formula is C21H20O13. The largest absolute Gasteiger partial charge is 0.504 e. The van der Waals surface area contributed by atoms with Crippen LogP contribution in [0, 0.1) is 0 Å². The molecule has 1 saturated heterocycles. The third-order valence-electron chi connectivity index (χ3n) is 5.37. The van der Waals surface area contributed by atoms with Crippen LogP contribution in [0.2, 0.25) is 0 Å². The summed E-state index contributed by atoms with van der Waals surface area (Å²) < 4.78 is 16.2. The van der Waals surface area contributed by atoms with E-state index in [4.69, 9.17) is 13.9 Å². The number of hydrogen-bond acceptors (Lipinski definition) is 13. The monoisotopic (exact) mass is 480 g/mol. The van der Waals surface area contributed by atoms with E-state index >= 15 is 0 Å². The number of fused-ring (bicyclic) bond motifs is 1. The number of phenolic OH excluding ortho intramolecular Hbond substituents is 5. The van der Waals surface area contributed by atoms with Crippen molar-refractivity contribution in [2.24, 2.45) is 0 Å². The molecule has 9 N–H and O–H groups in total. The van der Waals surface area contributed by atoms with Crippen LogP contribution >= 0.6 is 0 Å². The second-order valence-electron chi connectivity index (χ2n) is 7.60. The van der Waals surface area contributed by atoms with Crippen LogP contribution in [0.4, 0.5) is 0 Å². The van der Waals surface area contributed by atoms with Crippen molar-refractivity contribution in [2.45, 2.75) is 30.7 Å². The number of benzene rings is 2. The fourth-order valence-corrected chi connectivity index (χ4v) is 3.55. The Morgan fingerprint density at radius 1 is 0.824 bits per heavy atom. The van der Waals surface area contributed by atoms with Gasteiger partial charge in [-0.05, 0) is 12.1 Å². The van der Waals surface area contributed by atoms with Crippen molar-refractivity contribution in [3.63, 3.8) is 0 Å². The normalized spacial score (nSPS) is 24.9. The molecule has 5 unspecified atom stereocenters. The van der Waals surface area contributed by atoms with E-state index in [1.807, 2.05) is 0 Å². The Bertz CT molecular complexity index is 1280. The first-order valence-corrected chi connectivity index (χ1v) is 9.78. The summed E-state index contributed by atoms with van der Waals surface area (Å²) in [5.41, 5.74) is -1.47. The average Bonchev–Trinajstić information content (AvgIpc) is 2.80. The van der Waals surface area contributed by atoms with E-state index in [1.54, 1.807) is 0 Å². The van der Waals surface area contributed by atoms with Gasteiger partial charge in [0, 0.05) is 17.7 Å². The molecule has 1 aliphatic rings. The van der Waals surface area contributed by atoms with E-state index in [-0.39, 0.29) is 11.3 Å². The zero-order valence-corrected chi connectivity index (χ0v) is 17.1. The molecule has 5 atom stereocenters. The molecule has 4 rings (SSSR count). The molecule has 182 valence electrons. The van der Waals surface area contributed by atoms with Crippen LogP contribution in [-0.2, 0) is 4.74 Å². The Labute approximate surface area is 189 Å². The molecule has 0 bridgehead atoms. The SMILES string of the molecule is O=c1cc(-c2cc(O)c(O)c(O)c2)oc2c(O)c(O)cc(OC3OC(CO)C(O)C(O)C3O)c12. The third kappa shape index (κ3) is 3.81. The van der Waals surface area contributed by atoms with Crippen molar-refractivity contribution in [1.29, 1.82) is 0 Å². The number of phenols is 5. The summed E-state index contributed by atoms with van der Waals surface area (Å²) in [5, 5.41) is 88.3. The molecule has 2 heterocycles. The van der Waals surface area contributed by atoms with Crippen molar-refractivity contribution in [3.8, 4) is 45.8 Å². The average molecular weight is 480 g/mol. The molecule has 2 aromatic carbocycles. The topological polar surface area (TPSA) is 231 Å². The lowest BCUT2D eigenvalue weighted by Crippen LogP contribution is -2.60. The highest BCUT2D eigenvalue weighted by molar-refractivity contribution is 5.91. The van der Waals surface area contributed by atoms with E-state index in [2.05, 4.69) is 0 Å². The number of rotatable bonds is 4. The maximum Gasteiger partial charge on any atom is 0.229 e. The summed E-state index contributed by atoms with van der Waals surface area (Å²) in [5.74, 6) is -4.61. The lowest BCUT2D eigenvalue weighted by Gasteiger charge is -2.39. The van der Waals surface area contributed by atoms with E-state index < -0.39 is 88.2 Å². The molecule has 0 radical (unpaired) electrons. The van der Waals surface area contributed by atoms with Gasteiger partial charge in [0.15, 0.2) is 34.0 Å². The first-order chi connectivity index (χ1) is 16.0. The molecule has 3 aromatic rings. The Balaban J connectivity index is 1.82. The number of hydrogen-bond donors (Lipinski definition) is 9. The van der Waals surface area contributed by atoms with Crippen molar-refractivity contribution in [3.05, 3.63) is 34.5 Å². The van der Waals surface area contributed by atoms with Gasteiger partial charge in [-0.15, -0.1) is 0 Å². The highest BCUT2D eigenvalue weighted by Crippen LogP contribution is 2.43. The fourth-order valence-electron chi connectivity index (χ4n) is 3.55. The van der Waals surface area contributed by atoms with Gasteiger partial charge in [-0.3, -0.25) is 4.79 Å². The van der Waals surface area contributed by atoms with E-state index in [1.165, 1.54) is 0 Å². The van der Waals surface area contributed by atoms with E-state index in [9.17, 15) is 50.8 Å². The summed E-state index contributed by atoms with van der Waals surface area (Å²) in [7, 11) is 0. The first kappa shape index (κ1) is 23.4. The standard InChI is InChI=1S/C21H20O13/c22-5-13-17(29)18(30)19(31)21(34-13)33-12-4-10(26)16(28)20-14(12)7(23)3-11(32-20)6-1-8(24)15(27)9(25)2-6/h1-4,13,17-19,21-22,24-31H,5H2. The van der Waals surface area contributed by atoms with Crippen LogP contribution in [0.3, 0.4) is 0 Å². The quantitative estimate of drug-likeness (QED) is 0.208. The van der Waals surface area contributed by atoms with Gasteiger partial charge >= 0.3 is 0 Å². The molecule has 1 fully saturated rings. The number of aromatic hydroxyl groups is 5. The number of ether oxygens (including phenoxy) is 2. The minimum absolute atomic E-state index is 0.0639. The van der Waals surface area contributed by atoms with Gasteiger partial charge < -0.3 is 59.8 Å². The molecule has 0 saturated carbocycles. The van der Waals surface area contributed by atoms with Crippen LogP contribution in [0.1, 0.15) is 0 Å². The van der Waals surface area contributed by atoms with Crippen LogP contribution in [0.5, 0.6) is 34.5 Å². The number of aliphatic hydroxyl groups excluding tert-OH is 4. The van der Waals surface area contributed by atoms with Gasteiger partial charge in [-0.2, -0.15) is 0 Å². The van der Waals surface area contributed by atoms with Crippen LogP contribution in [0.15, 0.2) is 33.5 Å². The maximum atomic E-state index is 12.9. The van der Waals surface area contributed by atoms with Gasteiger partial charge in [-0.25, -0.2) is 0 Å². The van der Waals surface area contributed by atoms with E-state index in [0.717, 1.165) is 24.3 Å². The molecule has 0 aliphatic carbocycles. The molecule has 0 spiro atoms. The van der Waals surface area contributed by atoms with Gasteiger partial charge in [-0.1, -0.05) is 0 Å². The lowest BCUT2D eigenvalue weighted by molar-refractivity contribution is -0.277. The summed E-state index contributed by atoms with van der Waals surface area (Å²) >= 11 is 0. The Hall–Kier alpha value is -3.75. The predicted octanol–water partition coefficient (Wildman–Crippen LogP) is -0.833. The second-order valence-corrected chi connectivity index (χ2v) is 7.60. The van der Waals surface area contributed by atoms with Crippen LogP contribution in [-0.4, -0.2) is 83.3 Å². The smallest absolute Gasteiger partial charge is 0.229 e. The summed E-state index contributed by atoms with van der Waals surface area (Å²) in [6, 6.07) is 3.69. The Morgan fingerprint density at radius 2 is 1.44 bits per heavy atom. The van der Waals surface area contributed by atoms with Crippen molar-refractivity contribution in [2.75, 3.05) is 6.61 Å². The van der Waals surface area contributed by atoms with Crippen molar-refractivity contribution >= 4 is 11.0 Å². The Morgan fingerprint density at radius 3 is 2.06 bits per heavy atom. The third-order valence-corrected chi connectivity index (χ3v) is 5.37. The Kier molecular flexibility index (Phi) is 5.89. The number of aliphatic hydroxyl groups is 4. The molecule has 13 heteroatoms. The maximum absolute atomic E-state index is 12.9. The van der Waals surface area contributed by atoms with Gasteiger partial charge in [0.25, 0.3) is 0 Å². The summed E-state index contributed by atoms with van der Waals surface area (Å²) in [6.07, 6.45) is -8.26. The second kappa shape index (κ2) is 8.55. The summed E-state index contributed by atoms with van der Waals surface area (Å²) in [4.78, 5) is 12.9. The molecule has 1 aliphatic heterocycles. The van der Waals surface area contributed by atoms with E-state index in [0.29, 0.717) is 0 Å². The van der Waals surface area contributed by atoms with Crippen LogP contribution in [0.25, 0.3) is 22.3 Å². The summed E-state index contributed by atoms with van der Waals surface area (Å²) in [6.45, 7) is -0.732. The molecule has 34 heavy (non-hydrogen) atoms. The van der Waals surface area contributed by atoms with Gasteiger partial charge in [0.05, 0.1) is 6.61 Å². The minimum Gasteiger partial charge on any atom is -0.504 e. The first-order valence-electron chi connectivity index (χ1n) is 9.78. The minimum atomic E-state index is -1.82. The highest BCUT2D eigenvalue weighted by Gasteiger charge is 2.45. The molecular weight excluding hydrogens is 460 g/mol. The molecule has 13 nitrogen and oxygen atoms in total. The zero-order chi connectivity index (χ0) is 24.9. The molecule has 0 amide bonds. The lowest BCUT2D eigenvalue weighted by atomic mass is 9.99. The highest BCUT2D eigenvalue weighted by atomic mass is 16.7. The fraction of sp³-hybridized carbons (Fsp3) is 0.286. The predicted molar refractivity (Wildman–Crippen MR) is 111 cm³/mol. The zero-order valence-electron chi connectivity index (χ0n) is 17.1. The molecule has 1 aromatic heterocycles.